The fraction of sp³-hybridized carbons (Fsp3) is 0.667. The quantitative estimate of drug-likeness (QED) is 0.133. The molecule has 0 spiro atoms. The number of aromatic nitrogens is 1. The molecule has 2 aliphatic rings. The van der Waals surface area contributed by atoms with Crippen molar-refractivity contribution in [1.29, 1.82) is 0 Å². The van der Waals surface area contributed by atoms with Crippen LogP contribution in [0.15, 0.2) is 30.9 Å². The number of carbonyl (C=O) groups is 3. The molecular weight excluding hydrogens is 604 g/mol. The Balaban J connectivity index is 1.60. The van der Waals surface area contributed by atoms with Gasteiger partial charge in [0.15, 0.2) is 0 Å². The maximum atomic E-state index is 14.2. The van der Waals surface area contributed by atoms with Crippen LogP contribution < -0.4 is 5.73 Å². The summed E-state index contributed by atoms with van der Waals surface area (Å²) in [6.07, 6.45) is 4.19. The molecule has 10 heteroatoms. The molecule has 1 aromatic carbocycles. The standard InChI is InChI=1S/C36H52N2O7S/c1-7-12-25-33(44-31(40)14-9-8-10-18-37)22(2)13-11-17-36(6)30(45-36)20-27(24-15-16-28-26(19-24)38-23(3)46-28)43-32(41)21-29(39)35(4,5)34(25)42/h7,15-16,19,22,25,27,29-30,33,39H,1,8-14,17-18,20-21,37H2,2-6H3/t22-,25+,27-,29-,30-,33-,36+/m0/s1. The lowest BCUT2D eigenvalue weighted by Crippen LogP contribution is -2.47. The molecule has 0 bridgehead atoms. The summed E-state index contributed by atoms with van der Waals surface area (Å²) in [4.78, 5) is 45.3. The number of fused-ring (bicyclic) bond motifs is 2. The summed E-state index contributed by atoms with van der Waals surface area (Å²) in [5.74, 6) is -2.07. The molecule has 9 nitrogen and oxygen atoms in total. The average Bonchev–Trinajstić information content (AvgIpc) is 3.47. The number of ketones is 1. The van der Waals surface area contributed by atoms with Crippen molar-refractivity contribution in [2.75, 3.05) is 6.54 Å². The maximum Gasteiger partial charge on any atom is 0.309 e. The second-order valence-corrected chi connectivity index (χ2v) is 15.2. The van der Waals surface area contributed by atoms with Crippen LogP contribution in [0.3, 0.4) is 0 Å². The average molecular weight is 657 g/mol. The lowest BCUT2D eigenvalue weighted by molar-refractivity contribution is -0.162. The number of benzene rings is 1. The van der Waals surface area contributed by atoms with E-state index in [4.69, 9.17) is 19.9 Å². The zero-order valence-electron chi connectivity index (χ0n) is 28.1. The number of Topliss-reactive ketones (excluding diaryl/α,β-unsaturated/α-hetero) is 1. The summed E-state index contributed by atoms with van der Waals surface area (Å²) in [6.45, 7) is 13.8. The number of hydrogen-bond donors (Lipinski definition) is 2. The number of epoxide rings is 1. The molecule has 2 aromatic rings. The molecule has 7 atom stereocenters. The highest BCUT2D eigenvalue weighted by atomic mass is 32.1. The Morgan fingerprint density at radius 3 is 2.72 bits per heavy atom. The molecule has 254 valence electrons. The largest absolute Gasteiger partial charge is 0.461 e. The third-order valence-electron chi connectivity index (χ3n) is 9.86. The van der Waals surface area contributed by atoms with Crippen LogP contribution >= 0.6 is 11.3 Å². The first-order valence-corrected chi connectivity index (χ1v) is 17.6. The molecule has 1 aromatic heterocycles. The van der Waals surface area contributed by atoms with Crippen LogP contribution in [0.5, 0.6) is 0 Å². The number of hydrogen-bond acceptors (Lipinski definition) is 10. The van der Waals surface area contributed by atoms with Gasteiger partial charge in [-0.2, -0.15) is 0 Å². The van der Waals surface area contributed by atoms with Crippen LogP contribution in [0.25, 0.3) is 10.2 Å². The minimum absolute atomic E-state index is 0.111. The molecule has 2 fully saturated rings. The van der Waals surface area contributed by atoms with Crippen molar-refractivity contribution in [3.63, 3.8) is 0 Å². The van der Waals surface area contributed by atoms with Gasteiger partial charge < -0.3 is 25.1 Å². The third-order valence-corrected chi connectivity index (χ3v) is 10.8. The molecule has 0 aliphatic carbocycles. The van der Waals surface area contributed by atoms with Crippen molar-refractivity contribution in [3.05, 3.63) is 41.4 Å². The van der Waals surface area contributed by atoms with Crippen LogP contribution in [0.1, 0.15) is 109 Å². The van der Waals surface area contributed by atoms with Gasteiger partial charge in [-0.15, -0.1) is 17.9 Å². The Morgan fingerprint density at radius 1 is 1.24 bits per heavy atom. The highest BCUT2D eigenvalue weighted by Crippen LogP contribution is 2.47. The highest BCUT2D eigenvalue weighted by molar-refractivity contribution is 7.18. The summed E-state index contributed by atoms with van der Waals surface area (Å²) in [6, 6.07) is 5.91. The summed E-state index contributed by atoms with van der Waals surface area (Å²) in [5, 5.41) is 12.3. The molecule has 2 saturated heterocycles. The van der Waals surface area contributed by atoms with Crippen molar-refractivity contribution in [3.8, 4) is 0 Å². The number of nitrogens with two attached hydrogens (primary N) is 1. The van der Waals surface area contributed by atoms with Gasteiger partial charge in [-0.3, -0.25) is 14.4 Å². The zero-order chi connectivity index (χ0) is 33.6. The fourth-order valence-electron chi connectivity index (χ4n) is 6.68. The van der Waals surface area contributed by atoms with Gasteiger partial charge in [0, 0.05) is 12.8 Å². The fourth-order valence-corrected chi connectivity index (χ4v) is 7.49. The number of thiazole rings is 1. The molecule has 3 heterocycles. The van der Waals surface area contributed by atoms with E-state index in [9.17, 15) is 19.5 Å². The third kappa shape index (κ3) is 8.82. The number of aryl methyl sites for hydroxylation is 1. The predicted octanol–water partition coefficient (Wildman–Crippen LogP) is 6.53. The van der Waals surface area contributed by atoms with Gasteiger partial charge in [0.25, 0.3) is 0 Å². The minimum Gasteiger partial charge on any atom is -0.461 e. The molecule has 0 amide bonds. The Morgan fingerprint density at radius 2 is 2.00 bits per heavy atom. The minimum atomic E-state index is -1.32. The topological polar surface area (TPSA) is 141 Å². The van der Waals surface area contributed by atoms with Crippen LogP contribution in [-0.4, -0.2) is 58.3 Å². The summed E-state index contributed by atoms with van der Waals surface area (Å²) >= 11 is 1.61. The van der Waals surface area contributed by atoms with Crippen LogP contribution in [0, 0.1) is 24.2 Å². The van der Waals surface area contributed by atoms with E-state index in [1.165, 1.54) is 0 Å². The number of carbonyl (C=O) groups excluding carboxylic acids is 3. The number of nitrogens with zero attached hydrogens (tertiary/aromatic N) is 1. The van der Waals surface area contributed by atoms with E-state index in [1.54, 1.807) is 31.3 Å². The molecule has 4 rings (SSSR count). The number of ether oxygens (including phenoxy) is 3. The van der Waals surface area contributed by atoms with Gasteiger partial charge in [-0.1, -0.05) is 45.8 Å². The SMILES string of the molecule is C=CC[C@H]1C(=O)C(C)(C)[C@@H](O)CC(=O)O[C@H](c2ccc3sc(C)nc3c2)C[C@@H]2O[C@]2(C)CCC[C@H](C)[C@@H]1OC(=O)CCCCCN. The normalized spacial score (nSPS) is 30.8. The molecule has 3 N–H and O–H groups in total. The molecule has 46 heavy (non-hydrogen) atoms. The number of allylic oxidation sites excluding steroid dienone is 1. The summed E-state index contributed by atoms with van der Waals surface area (Å²) in [7, 11) is 0. The Bertz CT molecular complexity index is 1390. The highest BCUT2D eigenvalue weighted by Gasteiger charge is 2.53. The van der Waals surface area contributed by atoms with Crippen molar-refractivity contribution < 1.29 is 33.7 Å². The van der Waals surface area contributed by atoms with Gasteiger partial charge in [-0.05, 0) is 76.1 Å². The second kappa shape index (κ2) is 15.5. The first-order chi connectivity index (χ1) is 21.8. The lowest BCUT2D eigenvalue weighted by Gasteiger charge is -2.37. The van der Waals surface area contributed by atoms with Crippen LogP contribution in [0.4, 0.5) is 0 Å². The molecule has 0 radical (unpaired) electrons. The Labute approximate surface area is 277 Å². The number of esters is 2. The molecule has 0 unspecified atom stereocenters. The number of aliphatic hydroxyl groups is 1. The first-order valence-electron chi connectivity index (χ1n) is 16.8. The number of rotatable bonds is 9. The Kier molecular flexibility index (Phi) is 12.2. The van der Waals surface area contributed by atoms with Gasteiger partial charge in [0.2, 0.25) is 0 Å². The van der Waals surface area contributed by atoms with Crippen molar-refractivity contribution in [1.82, 2.24) is 4.98 Å². The smallest absolute Gasteiger partial charge is 0.309 e. The van der Waals surface area contributed by atoms with E-state index < -0.39 is 35.6 Å². The summed E-state index contributed by atoms with van der Waals surface area (Å²) in [5.41, 5.74) is 5.57. The van der Waals surface area contributed by atoms with Crippen LogP contribution in [-0.2, 0) is 28.6 Å². The van der Waals surface area contributed by atoms with Gasteiger partial charge in [-0.25, -0.2) is 4.98 Å². The van der Waals surface area contributed by atoms with E-state index in [1.807, 2.05) is 32.0 Å². The van der Waals surface area contributed by atoms with E-state index in [0.29, 0.717) is 19.4 Å². The lowest BCUT2D eigenvalue weighted by atomic mass is 9.71. The van der Waals surface area contributed by atoms with E-state index >= 15 is 0 Å². The van der Waals surface area contributed by atoms with Crippen molar-refractivity contribution >= 4 is 39.3 Å². The summed E-state index contributed by atoms with van der Waals surface area (Å²) < 4.78 is 19.4. The van der Waals surface area contributed by atoms with Gasteiger partial charge in [0.1, 0.15) is 18.0 Å². The van der Waals surface area contributed by atoms with Crippen molar-refractivity contribution in [2.45, 2.75) is 129 Å². The first kappa shape index (κ1) is 36.2. The second-order valence-electron chi connectivity index (χ2n) is 14.0. The van der Waals surface area contributed by atoms with Gasteiger partial charge >= 0.3 is 11.9 Å². The maximum absolute atomic E-state index is 14.2. The number of unbranched alkanes of at least 4 members (excludes halogenated alkanes) is 2. The van der Waals surface area contributed by atoms with E-state index in [0.717, 1.165) is 52.9 Å². The molecule has 2 aliphatic heterocycles. The van der Waals surface area contributed by atoms with Gasteiger partial charge in [0.05, 0.1) is 50.8 Å². The van der Waals surface area contributed by atoms with E-state index in [2.05, 4.69) is 18.5 Å². The Hall–Kier alpha value is -2.66. The number of cyclic esters (lactones) is 1. The van der Waals surface area contributed by atoms with Crippen molar-refractivity contribution in [2.24, 2.45) is 23.0 Å². The monoisotopic (exact) mass is 656 g/mol. The number of aliphatic hydroxyl groups excluding tert-OH is 1. The van der Waals surface area contributed by atoms with Crippen LogP contribution in [0.2, 0.25) is 0 Å². The predicted molar refractivity (Wildman–Crippen MR) is 179 cm³/mol. The zero-order valence-corrected chi connectivity index (χ0v) is 28.9. The molecular formula is C36H52N2O7S. The molecule has 0 saturated carbocycles. The van der Waals surface area contributed by atoms with E-state index in [-0.39, 0.29) is 48.6 Å².